The van der Waals surface area contributed by atoms with Crippen LogP contribution in [0.3, 0.4) is 0 Å². The average molecular weight is 239 g/mol. The molecule has 0 saturated carbocycles. The quantitative estimate of drug-likeness (QED) is 0.662. The van der Waals surface area contributed by atoms with Gasteiger partial charge in [0.2, 0.25) is 0 Å². The average Bonchev–Trinajstić information content (AvgIpc) is 2.45. The molecular formula is C17H19O. The zero-order valence-electron chi connectivity index (χ0n) is 10.6. The normalized spacial score (nSPS) is 10.5. The van der Waals surface area contributed by atoms with Crippen LogP contribution < -0.4 is 0 Å². The van der Waals surface area contributed by atoms with Crippen molar-refractivity contribution >= 4 is 0 Å². The van der Waals surface area contributed by atoms with E-state index in [0.717, 1.165) is 25.7 Å². The Morgan fingerprint density at radius 3 is 2.00 bits per heavy atom. The van der Waals surface area contributed by atoms with Crippen molar-refractivity contribution in [1.82, 2.24) is 0 Å². The van der Waals surface area contributed by atoms with E-state index in [4.69, 9.17) is 0 Å². The topological polar surface area (TPSA) is 19.9 Å². The Hall–Kier alpha value is -1.60. The van der Waals surface area contributed by atoms with E-state index in [1.54, 1.807) is 0 Å². The van der Waals surface area contributed by atoms with Gasteiger partial charge in [-0.05, 0) is 36.0 Å². The summed E-state index contributed by atoms with van der Waals surface area (Å²) in [5, 5.41) is 10.3. The zero-order valence-corrected chi connectivity index (χ0v) is 10.6. The van der Waals surface area contributed by atoms with Crippen LogP contribution in [-0.4, -0.2) is 6.61 Å². The van der Waals surface area contributed by atoms with Crippen molar-refractivity contribution in [2.45, 2.75) is 25.7 Å². The first-order chi connectivity index (χ1) is 8.90. The van der Waals surface area contributed by atoms with E-state index in [9.17, 15) is 5.11 Å². The molecule has 1 radical (unpaired) electrons. The highest BCUT2D eigenvalue weighted by atomic mass is 16.2. The molecule has 0 aliphatic carbocycles. The van der Waals surface area contributed by atoms with Crippen molar-refractivity contribution in [2.24, 2.45) is 0 Å². The molecule has 0 heterocycles. The lowest BCUT2D eigenvalue weighted by molar-refractivity contribution is 0.186. The third-order valence-corrected chi connectivity index (χ3v) is 3.17. The van der Waals surface area contributed by atoms with Gasteiger partial charge >= 0.3 is 0 Å². The van der Waals surface area contributed by atoms with Crippen molar-refractivity contribution in [2.75, 3.05) is 6.61 Å². The van der Waals surface area contributed by atoms with E-state index in [1.807, 2.05) is 6.07 Å². The molecule has 0 atom stereocenters. The molecule has 1 heteroatoms. The van der Waals surface area contributed by atoms with Gasteiger partial charge in [0, 0.05) is 0 Å². The lowest BCUT2D eigenvalue weighted by Gasteiger charge is -2.04. The van der Waals surface area contributed by atoms with Crippen LogP contribution >= 0.6 is 0 Å². The van der Waals surface area contributed by atoms with E-state index < -0.39 is 0 Å². The highest BCUT2D eigenvalue weighted by molar-refractivity contribution is 5.63. The molecule has 0 spiro atoms. The minimum Gasteiger partial charge on any atom is -0.237 e. The number of benzene rings is 2. The molecule has 0 amide bonds. The fourth-order valence-electron chi connectivity index (χ4n) is 2.10. The smallest absolute Gasteiger partial charge is 0.0822 e. The largest absolute Gasteiger partial charge is 0.237 e. The summed E-state index contributed by atoms with van der Waals surface area (Å²) < 4.78 is 0. The van der Waals surface area contributed by atoms with Gasteiger partial charge in [0.05, 0.1) is 6.61 Å². The summed E-state index contributed by atoms with van der Waals surface area (Å²) >= 11 is 0. The summed E-state index contributed by atoms with van der Waals surface area (Å²) in [6.07, 6.45) is 4.05. The number of hydrogen-bond donors (Lipinski definition) is 0. The van der Waals surface area contributed by atoms with Gasteiger partial charge in [-0.3, -0.25) is 0 Å². The van der Waals surface area contributed by atoms with Crippen LogP contribution in [0.5, 0.6) is 0 Å². The SMILES string of the molecule is [O]CCCCCc1ccc(-c2ccccc2)cc1. The summed E-state index contributed by atoms with van der Waals surface area (Å²) in [6.45, 7) is 0.0624. The molecule has 0 aliphatic heterocycles. The fraction of sp³-hybridized carbons (Fsp3) is 0.294. The summed E-state index contributed by atoms with van der Waals surface area (Å²) in [5.41, 5.74) is 3.88. The van der Waals surface area contributed by atoms with Crippen LogP contribution in [0.15, 0.2) is 54.6 Å². The Labute approximate surface area is 109 Å². The minimum atomic E-state index is 0.0624. The van der Waals surface area contributed by atoms with Crippen molar-refractivity contribution in [1.29, 1.82) is 0 Å². The second-order valence-corrected chi connectivity index (χ2v) is 4.58. The summed E-state index contributed by atoms with van der Waals surface area (Å²) in [7, 11) is 0. The lowest BCUT2D eigenvalue weighted by Crippen LogP contribution is -1.88. The van der Waals surface area contributed by atoms with Crippen LogP contribution in [0.25, 0.3) is 11.1 Å². The minimum absolute atomic E-state index is 0.0624. The van der Waals surface area contributed by atoms with Gasteiger partial charge in [0.15, 0.2) is 0 Å². The molecule has 2 aromatic rings. The van der Waals surface area contributed by atoms with Gasteiger partial charge in [-0.1, -0.05) is 61.0 Å². The number of unbranched alkanes of at least 4 members (excludes halogenated alkanes) is 2. The van der Waals surface area contributed by atoms with Crippen LogP contribution in [0.4, 0.5) is 0 Å². The molecule has 0 unspecified atom stereocenters. The highest BCUT2D eigenvalue weighted by Gasteiger charge is 1.97. The van der Waals surface area contributed by atoms with Gasteiger partial charge < -0.3 is 0 Å². The molecule has 1 nitrogen and oxygen atoms in total. The van der Waals surface area contributed by atoms with Crippen molar-refractivity contribution in [3.8, 4) is 11.1 Å². The molecule has 18 heavy (non-hydrogen) atoms. The molecule has 0 aromatic heterocycles. The van der Waals surface area contributed by atoms with E-state index in [-0.39, 0.29) is 6.61 Å². The molecular weight excluding hydrogens is 220 g/mol. The van der Waals surface area contributed by atoms with Crippen molar-refractivity contribution < 1.29 is 5.11 Å². The molecule has 2 aromatic carbocycles. The van der Waals surface area contributed by atoms with Crippen molar-refractivity contribution in [3.63, 3.8) is 0 Å². The van der Waals surface area contributed by atoms with Crippen LogP contribution in [0.1, 0.15) is 24.8 Å². The van der Waals surface area contributed by atoms with Gasteiger partial charge in [-0.15, -0.1) is 0 Å². The molecule has 0 bridgehead atoms. The second kappa shape index (κ2) is 6.97. The van der Waals surface area contributed by atoms with Gasteiger partial charge in [-0.25, -0.2) is 5.11 Å². The zero-order chi connectivity index (χ0) is 12.6. The predicted octanol–water partition coefficient (Wildman–Crippen LogP) is 4.50. The molecule has 0 aliphatic rings. The third kappa shape index (κ3) is 3.71. The predicted molar refractivity (Wildman–Crippen MR) is 75.0 cm³/mol. The first kappa shape index (κ1) is 12.8. The third-order valence-electron chi connectivity index (χ3n) is 3.17. The monoisotopic (exact) mass is 239 g/mol. The van der Waals surface area contributed by atoms with Crippen LogP contribution in [0.2, 0.25) is 0 Å². The van der Waals surface area contributed by atoms with Gasteiger partial charge in [-0.2, -0.15) is 0 Å². The summed E-state index contributed by atoms with van der Waals surface area (Å²) in [4.78, 5) is 0. The maximum absolute atomic E-state index is 10.3. The molecule has 2 rings (SSSR count). The Morgan fingerprint density at radius 2 is 1.33 bits per heavy atom. The van der Waals surface area contributed by atoms with E-state index in [0.29, 0.717) is 0 Å². The molecule has 0 fully saturated rings. The first-order valence-corrected chi connectivity index (χ1v) is 6.62. The maximum atomic E-state index is 10.3. The fourth-order valence-corrected chi connectivity index (χ4v) is 2.10. The van der Waals surface area contributed by atoms with Crippen molar-refractivity contribution in [3.05, 3.63) is 60.2 Å². The van der Waals surface area contributed by atoms with Crippen LogP contribution in [0, 0.1) is 0 Å². The first-order valence-electron chi connectivity index (χ1n) is 6.62. The summed E-state index contributed by atoms with van der Waals surface area (Å²) in [6, 6.07) is 19.2. The Morgan fingerprint density at radius 1 is 0.667 bits per heavy atom. The number of rotatable bonds is 6. The number of hydrogen-bond acceptors (Lipinski definition) is 0. The van der Waals surface area contributed by atoms with Gasteiger partial charge in [0.25, 0.3) is 0 Å². The Balaban J connectivity index is 1.94. The van der Waals surface area contributed by atoms with Crippen LogP contribution in [-0.2, 0) is 11.5 Å². The molecule has 0 saturated heterocycles. The second-order valence-electron chi connectivity index (χ2n) is 4.58. The van der Waals surface area contributed by atoms with E-state index >= 15 is 0 Å². The lowest BCUT2D eigenvalue weighted by atomic mass is 10.0. The molecule has 0 N–H and O–H groups in total. The molecule has 93 valence electrons. The Kier molecular flexibility index (Phi) is 4.98. The van der Waals surface area contributed by atoms with E-state index in [1.165, 1.54) is 16.7 Å². The van der Waals surface area contributed by atoms with Gasteiger partial charge in [0.1, 0.15) is 0 Å². The Bertz CT molecular complexity index is 445. The summed E-state index contributed by atoms with van der Waals surface area (Å²) in [5.74, 6) is 0. The number of aryl methyl sites for hydroxylation is 1. The maximum Gasteiger partial charge on any atom is 0.0822 e. The highest BCUT2D eigenvalue weighted by Crippen LogP contribution is 2.19. The standard InChI is InChI=1S/C17H19O/c18-14-6-2-3-7-15-10-12-17(13-11-15)16-8-4-1-5-9-16/h1,4-5,8-13H,2-3,6-7,14H2. The van der Waals surface area contributed by atoms with E-state index in [2.05, 4.69) is 48.5 Å².